The zero-order chi connectivity index (χ0) is 14.5. The molecule has 0 bridgehead atoms. The van der Waals surface area contributed by atoms with E-state index in [0.717, 1.165) is 12.2 Å². The molecule has 1 fully saturated rings. The van der Waals surface area contributed by atoms with Gasteiger partial charge in [-0.05, 0) is 30.9 Å². The lowest BCUT2D eigenvalue weighted by molar-refractivity contribution is -0.136. The molecule has 2 rings (SSSR count). The van der Waals surface area contributed by atoms with Gasteiger partial charge in [0.15, 0.2) is 0 Å². The second-order valence-corrected chi connectivity index (χ2v) is 5.24. The van der Waals surface area contributed by atoms with Gasteiger partial charge in [0.05, 0.1) is 6.42 Å². The van der Waals surface area contributed by atoms with Gasteiger partial charge in [-0.25, -0.2) is 4.79 Å². The van der Waals surface area contributed by atoms with Crippen molar-refractivity contribution in [3.63, 3.8) is 0 Å². The summed E-state index contributed by atoms with van der Waals surface area (Å²) in [7, 11) is 1.78. The Balaban J connectivity index is 2.07. The van der Waals surface area contributed by atoms with Crippen LogP contribution >= 0.6 is 0 Å². The molecule has 1 aliphatic carbocycles. The van der Waals surface area contributed by atoms with Gasteiger partial charge in [-0.3, -0.25) is 9.69 Å². The third kappa shape index (κ3) is 3.98. The SMILES string of the molecule is CN(CC1CC1)C(=O)N(CCC(=O)O)c1ccccc1. The number of para-hydroxylation sites is 1. The van der Waals surface area contributed by atoms with Gasteiger partial charge in [0.25, 0.3) is 0 Å². The fourth-order valence-electron chi connectivity index (χ4n) is 2.12. The van der Waals surface area contributed by atoms with Gasteiger partial charge < -0.3 is 10.0 Å². The van der Waals surface area contributed by atoms with Crippen molar-refractivity contribution < 1.29 is 14.7 Å². The average molecular weight is 276 g/mol. The monoisotopic (exact) mass is 276 g/mol. The standard InChI is InChI=1S/C15H20N2O3/c1-16(11-12-7-8-12)15(20)17(10-9-14(18)19)13-5-3-2-4-6-13/h2-6,12H,7-11H2,1H3,(H,18,19). The molecule has 0 heterocycles. The summed E-state index contributed by atoms with van der Waals surface area (Å²) in [6, 6.07) is 9.07. The normalized spacial score (nSPS) is 13.8. The topological polar surface area (TPSA) is 60.9 Å². The Bertz CT molecular complexity index is 471. The predicted molar refractivity (Wildman–Crippen MR) is 76.8 cm³/mol. The second-order valence-electron chi connectivity index (χ2n) is 5.24. The Hall–Kier alpha value is -2.04. The summed E-state index contributed by atoms with van der Waals surface area (Å²) in [5, 5.41) is 8.83. The van der Waals surface area contributed by atoms with Crippen molar-refractivity contribution in [2.45, 2.75) is 19.3 Å². The van der Waals surface area contributed by atoms with Crippen molar-refractivity contribution in [3.8, 4) is 0 Å². The molecule has 1 aromatic rings. The van der Waals surface area contributed by atoms with Crippen molar-refractivity contribution in [3.05, 3.63) is 30.3 Å². The van der Waals surface area contributed by atoms with E-state index in [2.05, 4.69) is 0 Å². The van der Waals surface area contributed by atoms with Crippen molar-refractivity contribution in [2.24, 2.45) is 5.92 Å². The summed E-state index contributed by atoms with van der Waals surface area (Å²) >= 11 is 0. The van der Waals surface area contributed by atoms with E-state index in [0.29, 0.717) is 5.92 Å². The predicted octanol–water partition coefficient (Wildman–Crippen LogP) is 2.43. The van der Waals surface area contributed by atoms with Gasteiger partial charge in [-0.15, -0.1) is 0 Å². The number of benzene rings is 1. The Kier molecular flexibility index (Phi) is 4.61. The highest BCUT2D eigenvalue weighted by Crippen LogP contribution is 2.29. The number of hydrogen-bond acceptors (Lipinski definition) is 2. The summed E-state index contributed by atoms with van der Waals surface area (Å²) in [6.07, 6.45) is 2.30. The number of hydrogen-bond donors (Lipinski definition) is 1. The van der Waals surface area contributed by atoms with E-state index in [1.165, 1.54) is 17.7 Å². The van der Waals surface area contributed by atoms with Gasteiger partial charge >= 0.3 is 12.0 Å². The lowest BCUT2D eigenvalue weighted by Gasteiger charge is -2.28. The van der Waals surface area contributed by atoms with Crippen LogP contribution in [0.3, 0.4) is 0 Å². The lowest BCUT2D eigenvalue weighted by Crippen LogP contribution is -2.43. The molecule has 1 saturated carbocycles. The number of carboxylic acids is 1. The maximum Gasteiger partial charge on any atom is 0.324 e. The number of aliphatic carboxylic acids is 1. The molecule has 0 aliphatic heterocycles. The van der Waals surface area contributed by atoms with Crippen LogP contribution in [-0.2, 0) is 4.79 Å². The van der Waals surface area contributed by atoms with Crippen LogP contribution in [0.2, 0.25) is 0 Å². The summed E-state index contributed by atoms with van der Waals surface area (Å²) in [5.74, 6) is -0.287. The third-order valence-corrected chi connectivity index (χ3v) is 3.40. The third-order valence-electron chi connectivity index (χ3n) is 3.40. The fraction of sp³-hybridized carbons (Fsp3) is 0.467. The van der Waals surface area contributed by atoms with Crippen LogP contribution < -0.4 is 4.90 Å². The Labute approximate surface area is 118 Å². The molecule has 0 radical (unpaired) electrons. The molecule has 0 saturated heterocycles. The van der Waals surface area contributed by atoms with Crippen LogP contribution in [0.25, 0.3) is 0 Å². The highest BCUT2D eigenvalue weighted by atomic mass is 16.4. The first-order valence-electron chi connectivity index (χ1n) is 6.87. The maximum absolute atomic E-state index is 12.5. The molecule has 1 aromatic carbocycles. The number of carbonyl (C=O) groups excluding carboxylic acids is 1. The van der Waals surface area contributed by atoms with E-state index in [9.17, 15) is 9.59 Å². The maximum atomic E-state index is 12.5. The van der Waals surface area contributed by atoms with Gasteiger partial charge in [-0.1, -0.05) is 18.2 Å². The molecule has 0 spiro atoms. The van der Waals surface area contributed by atoms with Crippen molar-refractivity contribution in [2.75, 3.05) is 25.0 Å². The highest BCUT2D eigenvalue weighted by Gasteiger charge is 2.27. The van der Waals surface area contributed by atoms with Crippen LogP contribution in [0.5, 0.6) is 0 Å². The van der Waals surface area contributed by atoms with Gasteiger partial charge in [0.1, 0.15) is 0 Å². The zero-order valence-corrected chi connectivity index (χ0v) is 11.7. The quantitative estimate of drug-likeness (QED) is 0.868. The van der Waals surface area contributed by atoms with Crippen LogP contribution in [0.15, 0.2) is 30.3 Å². The van der Waals surface area contributed by atoms with Crippen molar-refractivity contribution in [1.82, 2.24) is 4.90 Å². The van der Waals surface area contributed by atoms with Gasteiger partial charge in [0.2, 0.25) is 0 Å². The number of urea groups is 1. The minimum absolute atomic E-state index is 0.0576. The Morgan fingerprint density at radius 1 is 1.25 bits per heavy atom. The summed E-state index contributed by atoms with van der Waals surface area (Å²) < 4.78 is 0. The van der Waals surface area contributed by atoms with Gasteiger partial charge in [-0.2, -0.15) is 0 Å². The number of amides is 2. The Morgan fingerprint density at radius 2 is 1.90 bits per heavy atom. The van der Waals surface area contributed by atoms with Crippen LogP contribution in [0.1, 0.15) is 19.3 Å². The number of carboxylic acid groups (broad SMARTS) is 1. The van der Waals surface area contributed by atoms with Gasteiger partial charge in [0, 0.05) is 25.8 Å². The molecule has 20 heavy (non-hydrogen) atoms. The molecule has 1 N–H and O–H groups in total. The first-order valence-corrected chi connectivity index (χ1v) is 6.87. The van der Waals surface area contributed by atoms with Crippen LogP contribution in [0.4, 0.5) is 10.5 Å². The van der Waals surface area contributed by atoms with Crippen molar-refractivity contribution in [1.29, 1.82) is 0 Å². The second kappa shape index (κ2) is 6.41. The minimum atomic E-state index is -0.899. The van der Waals surface area contributed by atoms with Crippen LogP contribution in [0, 0.1) is 5.92 Å². The molecule has 0 aromatic heterocycles. The first-order chi connectivity index (χ1) is 9.58. The number of anilines is 1. The molecule has 0 atom stereocenters. The fourth-order valence-corrected chi connectivity index (χ4v) is 2.12. The number of carbonyl (C=O) groups is 2. The number of rotatable bonds is 6. The smallest absolute Gasteiger partial charge is 0.324 e. The van der Waals surface area contributed by atoms with E-state index in [1.54, 1.807) is 11.9 Å². The van der Waals surface area contributed by atoms with E-state index in [1.807, 2.05) is 30.3 Å². The van der Waals surface area contributed by atoms with E-state index in [4.69, 9.17) is 5.11 Å². The van der Waals surface area contributed by atoms with Crippen LogP contribution in [-0.4, -0.2) is 42.1 Å². The molecular formula is C15H20N2O3. The zero-order valence-electron chi connectivity index (χ0n) is 11.7. The molecule has 108 valence electrons. The summed E-state index contributed by atoms with van der Waals surface area (Å²) in [5.41, 5.74) is 0.737. The number of nitrogens with zero attached hydrogens (tertiary/aromatic N) is 2. The lowest BCUT2D eigenvalue weighted by atomic mass is 10.2. The van der Waals surface area contributed by atoms with E-state index >= 15 is 0 Å². The molecule has 5 nitrogen and oxygen atoms in total. The molecule has 2 amide bonds. The average Bonchev–Trinajstić information content (AvgIpc) is 3.23. The molecular weight excluding hydrogens is 256 g/mol. The largest absolute Gasteiger partial charge is 0.481 e. The van der Waals surface area contributed by atoms with E-state index < -0.39 is 5.97 Å². The minimum Gasteiger partial charge on any atom is -0.481 e. The molecule has 5 heteroatoms. The molecule has 0 unspecified atom stereocenters. The summed E-state index contributed by atoms with van der Waals surface area (Å²) in [4.78, 5) is 26.5. The van der Waals surface area contributed by atoms with Crippen molar-refractivity contribution >= 4 is 17.7 Å². The van der Waals surface area contributed by atoms with E-state index in [-0.39, 0.29) is 19.0 Å². The first kappa shape index (κ1) is 14.4. The Morgan fingerprint density at radius 3 is 2.45 bits per heavy atom. The summed E-state index contributed by atoms with van der Waals surface area (Å²) in [6.45, 7) is 0.933. The molecule has 1 aliphatic rings. The highest BCUT2D eigenvalue weighted by molar-refractivity contribution is 5.92.